The second kappa shape index (κ2) is 8.82. The van der Waals surface area contributed by atoms with Crippen LogP contribution in [0, 0.1) is 0 Å². The number of hydrogen-bond acceptors (Lipinski definition) is 2. The van der Waals surface area contributed by atoms with Crippen molar-refractivity contribution in [3.05, 3.63) is 12.3 Å². The van der Waals surface area contributed by atoms with Gasteiger partial charge in [-0.25, -0.2) is 0 Å². The molecule has 0 saturated heterocycles. The van der Waals surface area contributed by atoms with Crippen LogP contribution >= 0.6 is 0 Å². The van der Waals surface area contributed by atoms with E-state index in [9.17, 15) is 0 Å². The highest BCUT2D eigenvalue weighted by Crippen LogP contribution is 1.66. The number of hydrogen-bond donors (Lipinski definition) is 2. The number of aliphatic hydroxyl groups is 2. The lowest BCUT2D eigenvalue weighted by atomic mass is 10.7. The van der Waals surface area contributed by atoms with Crippen molar-refractivity contribution in [2.75, 3.05) is 7.11 Å². The molecule has 0 aliphatic heterocycles. The molecular weight excluding hydrogens is 80.0 g/mol. The van der Waals surface area contributed by atoms with Crippen LogP contribution in [0.15, 0.2) is 12.3 Å². The first kappa shape index (κ1) is 9.09. The van der Waals surface area contributed by atoms with Crippen molar-refractivity contribution in [1.29, 1.82) is 0 Å². The van der Waals surface area contributed by atoms with Gasteiger partial charge in [0.1, 0.15) is 0 Å². The van der Waals surface area contributed by atoms with Gasteiger partial charge in [0, 0.05) is 7.11 Å². The Bertz CT molecular complexity index is 28.5. The Kier molecular flexibility index (Phi) is 13.4. The summed E-state index contributed by atoms with van der Waals surface area (Å²) in [5, 5.41) is 14.9. The molecule has 0 aliphatic rings. The maximum atomic E-state index is 7.86. The van der Waals surface area contributed by atoms with E-state index in [1.54, 1.807) is 0 Å². The molecule has 0 aromatic rings. The zero-order valence-corrected chi connectivity index (χ0v) is 4.10. The van der Waals surface area contributed by atoms with E-state index in [4.69, 9.17) is 10.2 Å². The Morgan fingerprint density at radius 3 is 1.50 bits per heavy atom. The highest BCUT2D eigenvalue weighted by molar-refractivity contribution is 4.67. The molecule has 0 radical (unpaired) electrons. The fraction of sp³-hybridized carbons (Fsp3) is 0.500. The predicted octanol–water partition coefficient (Wildman–Crippen LogP) is 0.686. The first-order chi connectivity index (χ1) is 2.73. The Labute approximate surface area is 37.7 Å². The molecule has 0 bridgehead atoms. The van der Waals surface area contributed by atoms with Gasteiger partial charge < -0.3 is 10.2 Å². The average Bonchev–Trinajstić information content (AvgIpc) is 1.41. The van der Waals surface area contributed by atoms with Crippen LogP contribution in [-0.4, -0.2) is 17.3 Å². The highest BCUT2D eigenvalue weighted by Gasteiger charge is 1.53. The lowest BCUT2D eigenvalue weighted by molar-refractivity contribution is 0.399. The fourth-order valence-corrected chi connectivity index (χ4v) is 0. The van der Waals surface area contributed by atoms with E-state index in [-0.39, 0.29) is 5.76 Å². The van der Waals surface area contributed by atoms with Gasteiger partial charge in [0.25, 0.3) is 0 Å². The van der Waals surface area contributed by atoms with Crippen LogP contribution in [0.5, 0.6) is 0 Å². The molecule has 0 rings (SSSR count). The third-order valence-electron chi connectivity index (χ3n) is 0. The smallest absolute Gasteiger partial charge is 0.0820 e. The minimum Gasteiger partial charge on any atom is -0.513 e. The molecule has 0 spiro atoms. The van der Waals surface area contributed by atoms with Crippen molar-refractivity contribution >= 4 is 0 Å². The Hall–Kier alpha value is -0.500. The van der Waals surface area contributed by atoms with Crippen molar-refractivity contribution < 1.29 is 10.2 Å². The molecule has 6 heavy (non-hydrogen) atoms. The molecule has 0 aromatic carbocycles. The van der Waals surface area contributed by atoms with E-state index < -0.39 is 0 Å². The summed E-state index contributed by atoms with van der Waals surface area (Å²) in [4.78, 5) is 0. The maximum Gasteiger partial charge on any atom is 0.0820 e. The van der Waals surface area contributed by atoms with Crippen LogP contribution in [0.3, 0.4) is 0 Å². The SMILES string of the molecule is C=C(C)O.CO. The topological polar surface area (TPSA) is 40.5 Å². The lowest BCUT2D eigenvalue weighted by Gasteiger charge is -1.68. The summed E-state index contributed by atoms with van der Waals surface area (Å²) in [5.74, 6) is 0.167. The summed E-state index contributed by atoms with van der Waals surface area (Å²) >= 11 is 0. The van der Waals surface area contributed by atoms with Gasteiger partial charge in [-0.3, -0.25) is 0 Å². The molecule has 0 saturated carbocycles. The minimum atomic E-state index is 0.167. The molecule has 0 atom stereocenters. The van der Waals surface area contributed by atoms with Crippen molar-refractivity contribution in [2.45, 2.75) is 6.92 Å². The van der Waals surface area contributed by atoms with Crippen LogP contribution in [0.1, 0.15) is 6.92 Å². The first-order valence-electron chi connectivity index (χ1n) is 1.52. The third-order valence-corrected chi connectivity index (χ3v) is 0. The summed E-state index contributed by atoms with van der Waals surface area (Å²) < 4.78 is 0. The van der Waals surface area contributed by atoms with Crippen LogP contribution in [0.2, 0.25) is 0 Å². The van der Waals surface area contributed by atoms with Gasteiger partial charge in [-0.2, -0.15) is 0 Å². The summed E-state index contributed by atoms with van der Waals surface area (Å²) in [5.41, 5.74) is 0. The normalized spacial score (nSPS) is 5.17. The number of aliphatic hydroxyl groups excluding tert-OH is 2. The zero-order valence-electron chi connectivity index (χ0n) is 4.10. The van der Waals surface area contributed by atoms with Crippen molar-refractivity contribution in [2.24, 2.45) is 0 Å². The minimum absolute atomic E-state index is 0.167. The molecule has 38 valence electrons. The lowest BCUT2D eigenvalue weighted by Crippen LogP contribution is -1.54. The summed E-state index contributed by atoms with van der Waals surface area (Å²) in [6.45, 7) is 4.64. The standard InChI is InChI=1S/C3H6O.CH4O/c1-3(2)4;1-2/h4H,1H2,2H3;2H,1H3. The molecule has 2 heteroatoms. The first-order valence-corrected chi connectivity index (χ1v) is 1.52. The quantitative estimate of drug-likeness (QED) is 0.429. The molecule has 0 heterocycles. The number of rotatable bonds is 0. The van der Waals surface area contributed by atoms with Gasteiger partial charge in [0.15, 0.2) is 0 Å². The van der Waals surface area contributed by atoms with Gasteiger partial charge >= 0.3 is 0 Å². The average molecular weight is 90.1 g/mol. The summed E-state index contributed by atoms with van der Waals surface area (Å²) in [6, 6.07) is 0. The van der Waals surface area contributed by atoms with E-state index in [1.807, 2.05) is 0 Å². The molecule has 0 aromatic heterocycles. The summed E-state index contributed by atoms with van der Waals surface area (Å²) in [6.07, 6.45) is 0. The molecule has 2 nitrogen and oxygen atoms in total. The van der Waals surface area contributed by atoms with Gasteiger partial charge in [-0.1, -0.05) is 6.58 Å². The predicted molar refractivity (Wildman–Crippen MR) is 25.6 cm³/mol. The summed E-state index contributed by atoms with van der Waals surface area (Å²) in [7, 11) is 1.00. The Balaban J connectivity index is 0. The van der Waals surface area contributed by atoms with Crippen LogP contribution in [0.4, 0.5) is 0 Å². The highest BCUT2D eigenvalue weighted by atomic mass is 16.3. The largest absolute Gasteiger partial charge is 0.513 e. The molecule has 0 unspecified atom stereocenters. The third kappa shape index (κ3) is 87.5. The molecule has 0 fully saturated rings. The molecule has 0 aliphatic carbocycles. The second-order valence-corrected chi connectivity index (χ2v) is 0.735. The van der Waals surface area contributed by atoms with Gasteiger partial charge in [-0.05, 0) is 6.92 Å². The van der Waals surface area contributed by atoms with E-state index >= 15 is 0 Å². The van der Waals surface area contributed by atoms with Gasteiger partial charge in [0.05, 0.1) is 5.76 Å². The van der Waals surface area contributed by atoms with E-state index in [0.29, 0.717) is 0 Å². The molecule has 2 N–H and O–H groups in total. The molecule has 0 amide bonds. The number of allylic oxidation sites excluding steroid dienone is 1. The fourth-order valence-electron chi connectivity index (χ4n) is 0. The van der Waals surface area contributed by atoms with E-state index in [0.717, 1.165) is 7.11 Å². The van der Waals surface area contributed by atoms with Crippen molar-refractivity contribution in [3.8, 4) is 0 Å². The van der Waals surface area contributed by atoms with Gasteiger partial charge in [0.2, 0.25) is 0 Å². The van der Waals surface area contributed by atoms with Crippen LogP contribution in [-0.2, 0) is 0 Å². The van der Waals surface area contributed by atoms with Crippen LogP contribution < -0.4 is 0 Å². The zero-order chi connectivity index (χ0) is 5.58. The van der Waals surface area contributed by atoms with Crippen molar-refractivity contribution in [3.63, 3.8) is 0 Å². The molecular formula is C4H10O2. The Morgan fingerprint density at radius 1 is 1.50 bits per heavy atom. The maximum absolute atomic E-state index is 7.86. The Morgan fingerprint density at radius 2 is 1.50 bits per heavy atom. The van der Waals surface area contributed by atoms with E-state index in [2.05, 4.69) is 6.58 Å². The van der Waals surface area contributed by atoms with E-state index in [1.165, 1.54) is 6.92 Å². The monoisotopic (exact) mass is 90.1 g/mol. The van der Waals surface area contributed by atoms with Crippen LogP contribution in [0.25, 0.3) is 0 Å². The second-order valence-electron chi connectivity index (χ2n) is 0.735. The van der Waals surface area contributed by atoms with Gasteiger partial charge in [-0.15, -0.1) is 0 Å². The van der Waals surface area contributed by atoms with Crippen molar-refractivity contribution in [1.82, 2.24) is 0 Å².